The predicted molar refractivity (Wildman–Crippen MR) is 94.3 cm³/mol. The van der Waals surface area contributed by atoms with Crippen LogP contribution in [0, 0.1) is 0 Å². The first-order valence-corrected chi connectivity index (χ1v) is 9.11. The standard InChI is InChI=1S/C20H35O/c1-2-3-4-5-6-7-8-9-10-11-12-13-14-15-16-17-18-19-20-21/h16-19H,2-15H2,1H3. The van der Waals surface area contributed by atoms with Gasteiger partial charge < -0.3 is 0 Å². The van der Waals surface area contributed by atoms with Gasteiger partial charge in [0.2, 0.25) is 6.29 Å². The van der Waals surface area contributed by atoms with E-state index in [1.54, 1.807) is 12.4 Å². The largest absolute Gasteiger partial charge is 0.286 e. The first-order chi connectivity index (χ1) is 10.4. The summed E-state index contributed by atoms with van der Waals surface area (Å²) in [4.78, 5) is 9.92. The summed E-state index contributed by atoms with van der Waals surface area (Å²) in [5.74, 6) is 0. The summed E-state index contributed by atoms with van der Waals surface area (Å²) >= 11 is 0. The molecule has 0 spiro atoms. The Kier molecular flexibility index (Phi) is 18.4. The van der Waals surface area contributed by atoms with Crippen LogP contribution in [0.15, 0.2) is 24.3 Å². The van der Waals surface area contributed by atoms with Crippen LogP contribution in [0.3, 0.4) is 0 Å². The average Bonchev–Trinajstić information content (AvgIpc) is 2.50. The summed E-state index contributed by atoms with van der Waals surface area (Å²) in [5.41, 5.74) is 0. The van der Waals surface area contributed by atoms with Gasteiger partial charge in [0, 0.05) is 0 Å². The van der Waals surface area contributed by atoms with Gasteiger partial charge >= 0.3 is 0 Å². The first kappa shape index (κ1) is 20.1. The maximum absolute atomic E-state index is 9.92. The van der Waals surface area contributed by atoms with E-state index < -0.39 is 0 Å². The van der Waals surface area contributed by atoms with E-state index in [1.165, 1.54) is 89.5 Å². The Labute approximate surface area is 132 Å². The molecule has 21 heavy (non-hydrogen) atoms. The van der Waals surface area contributed by atoms with E-state index in [1.807, 2.05) is 6.08 Å². The lowest BCUT2D eigenvalue weighted by Crippen LogP contribution is -1.82. The van der Waals surface area contributed by atoms with Crippen molar-refractivity contribution >= 4 is 6.29 Å². The zero-order chi connectivity index (χ0) is 15.4. The number of unbranched alkanes of at least 4 members (excludes halogenated alkanes) is 13. The molecule has 0 aliphatic heterocycles. The topological polar surface area (TPSA) is 17.1 Å². The van der Waals surface area contributed by atoms with Gasteiger partial charge in [0.05, 0.1) is 0 Å². The Bertz CT molecular complexity index is 253. The molecule has 1 heteroatoms. The second-order valence-electron chi connectivity index (χ2n) is 5.94. The zero-order valence-electron chi connectivity index (χ0n) is 14.1. The second kappa shape index (κ2) is 19.1. The van der Waals surface area contributed by atoms with Gasteiger partial charge in [-0.25, -0.2) is 0 Å². The van der Waals surface area contributed by atoms with Gasteiger partial charge in [0.1, 0.15) is 0 Å². The van der Waals surface area contributed by atoms with E-state index in [9.17, 15) is 4.79 Å². The minimum Gasteiger partial charge on any atom is -0.286 e. The highest BCUT2D eigenvalue weighted by molar-refractivity contribution is 5.66. The number of rotatable bonds is 16. The van der Waals surface area contributed by atoms with Crippen LogP contribution in [0.4, 0.5) is 0 Å². The second-order valence-corrected chi connectivity index (χ2v) is 5.94. The van der Waals surface area contributed by atoms with E-state index >= 15 is 0 Å². The molecular formula is C20H35O. The molecule has 0 fully saturated rings. The molecule has 1 nitrogen and oxygen atoms in total. The Morgan fingerprint density at radius 2 is 1.14 bits per heavy atom. The highest BCUT2D eigenvalue weighted by Gasteiger charge is 1.93. The summed E-state index contributed by atoms with van der Waals surface area (Å²) < 4.78 is 0. The molecular weight excluding hydrogens is 256 g/mol. The molecule has 0 atom stereocenters. The molecule has 0 saturated heterocycles. The van der Waals surface area contributed by atoms with Crippen molar-refractivity contribution in [3.05, 3.63) is 24.3 Å². The quantitative estimate of drug-likeness (QED) is 0.176. The van der Waals surface area contributed by atoms with Gasteiger partial charge in [-0.2, -0.15) is 0 Å². The Morgan fingerprint density at radius 1 is 0.667 bits per heavy atom. The summed E-state index contributed by atoms with van der Waals surface area (Å²) in [5, 5.41) is 0. The van der Waals surface area contributed by atoms with Crippen LogP contribution >= 0.6 is 0 Å². The third-order valence-corrected chi connectivity index (χ3v) is 3.89. The molecule has 0 unspecified atom stereocenters. The zero-order valence-corrected chi connectivity index (χ0v) is 14.1. The molecule has 0 heterocycles. The summed E-state index contributed by atoms with van der Waals surface area (Å²) in [7, 11) is 0. The van der Waals surface area contributed by atoms with Gasteiger partial charge in [-0.3, -0.25) is 4.79 Å². The Morgan fingerprint density at radius 3 is 1.62 bits per heavy atom. The molecule has 0 aromatic heterocycles. The van der Waals surface area contributed by atoms with Crippen LogP contribution in [0.5, 0.6) is 0 Å². The van der Waals surface area contributed by atoms with Crippen molar-refractivity contribution in [2.45, 2.75) is 96.8 Å². The smallest absolute Gasteiger partial charge is 0.225 e. The van der Waals surface area contributed by atoms with Crippen LogP contribution < -0.4 is 0 Å². The van der Waals surface area contributed by atoms with Gasteiger partial charge in [-0.1, -0.05) is 102 Å². The van der Waals surface area contributed by atoms with E-state index in [-0.39, 0.29) is 0 Å². The molecule has 0 bridgehead atoms. The summed E-state index contributed by atoms with van der Waals surface area (Å²) in [6, 6.07) is 0. The molecule has 0 aliphatic rings. The Hall–Kier alpha value is -0.850. The van der Waals surface area contributed by atoms with Crippen molar-refractivity contribution in [3.8, 4) is 0 Å². The molecule has 0 aromatic carbocycles. The third kappa shape index (κ3) is 19.1. The minimum atomic E-state index is 1.13. The summed E-state index contributed by atoms with van der Waals surface area (Å²) in [6.07, 6.45) is 28.3. The fourth-order valence-electron chi connectivity index (χ4n) is 2.55. The van der Waals surface area contributed by atoms with E-state index in [0.717, 1.165) is 6.42 Å². The van der Waals surface area contributed by atoms with E-state index in [0.29, 0.717) is 0 Å². The fraction of sp³-hybridized carbons (Fsp3) is 0.750. The lowest BCUT2D eigenvalue weighted by Gasteiger charge is -2.02. The maximum Gasteiger partial charge on any atom is 0.225 e. The minimum absolute atomic E-state index is 1.13. The van der Waals surface area contributed by atoms with Crippen LogP contribution in [0.25, 0.3) is 0 Å². The number of allylic oxidation sites excluding steroid dienone is 4. The molecule has 1 radical (unpaired) electrons. The normalized spacial score (nSPS) is 11.7. The lowest BCUT2D eigenvalue weighted by molar-refractivity contribution is 0.540. The van der Waals surface area contributed by atoms with Crippen LogP contribution in [0.1, 0.15) is 96.8 Å². The van der Waals surface area contributed by atoms with Crippen molar-refractivity contribution in [2.75, 3.05) is 0 Å². The highest BCUT2D eigenvalue weighted by atomic mass is 16.1. The van der Waals surface area contributed by atoms with E-state index in [4.69, 9.17) is 0 Å². The first-order valence-electron chi connectivity index (χ1n) is 9.11. The van der Waals surface area contributed by atoms with Crippen molar-refractivity contribution < 1.29 is 4.79 Å². The lowest BCUT2D eigenvalue weighted by atomic mass is 10.0. The van der Waals surface area contributed by atoms with Crippen molar-refractivity contribution in [1.82, 2.24) is 0 Å². The maximum atomic E-state index is 9.92. The number of carbonyl (C=O) groups excluding carboxylic acids is 1. The Balaban J connectivity index is 3.04. The van der Waals surface area contributed by atoms with Gasteiger partial charge in [-0.15, -0.1) is 0 Å². The van der Waals surface area contributed by atoms with Crippen molar-refractivity contribution in [3.63, 3.8) is 0 Å². The van der Waals surface area contributed by atoms with Crippen molar-refractivity contribution in [2.24, 2.45) is 0 Å². The van der Waals surface area contributed by atoms with Crippen LogP contribution in [0.2, 0.25) is 0 Å². The molecule has 0 saturated carbocycles. The molecule has 0 aliphatic carbocycles. The molecule has 0 N–H and O–H groups in total. The number of hydrogen-bond acceptors (Lipinski definition) is 1. The van der Waals surface area contributed by atoms with Gasteiger partial charge in [0.15, 0.2) is 0 Å². The number of hydrogen-bond donors (Lipinski definition) is 0. The molecule has 0 aromatic rings. The molecule has 0 rings (SSSR count). The average molecular weight is 291 g/mol. The summed E-state index contributed by atoms with van der Waals surface area (Å²) in [6.45, 7) is 2.28. The van der Waals surface area contributed by atoms with Gasteiger partial charge in [0.25, 0.3) is 0 Å². The molecule has 0 amide bonds. The van der Waals surface area contributed by atoms with Crippen LogP contribution in [-0.2, 0) is 4.79 Å². The van der Waals surface area contributed by atoms with Crippen LogP contribution in [-0.4, -0.2) is 6.29 Å². The predicted octanol–water partition coefficient (Wildman–Crippen LogP) is 6.69. The fourth-order valence-corrected chi connectivity index (χ4v) is 2.55. The van der Waals surface area contributed by atoms with Gasteiger partial charge in [-0.05, 0) is 18.9 Å². The molecule has 121 valence electrons. The third-order valence-electron chi connectivity index (χ3n) is 3.89. The van der Waals surface area contributed by atoms with E-state index in [2.05, 4.69) is 13.0 Å². The highest BCUT2D eigenvalue weighted by Crippen LogP contribution is 2.12. The van der Waals surface area contributed by atoms with Crippen molar-refractivity contribution in [1.29, 1.82) is 0 Å². The SMILES string of the molecule is CCCCCCCCCCCCCCCC=CC=C[C]=O. The monoisotopic (exact) mass is 291 g/mol.